The number of amides is 3. The number of ether oxygens (including phenoxy) is 2. The predicted molar refractivity (Wildman–Crippen MR) is 181 cm³/mol. The van der Waals surface area contributed by atoms with Gasteiger partial charge in [-0.1, -0.05) is 80.6 Å². The van der Waals surface area contributed by atoms with Crippen molar-refractivity contribution in [1.82, 2.24) is 10.6 Å². The monoisotopic (exact) mass is 653 g/mol. The number of hydrogen-bond donors (Lipinski definition) is 4. The number of carbonyl (C=O) groups is 4. The predicted octanol–water partition coefficient (Wildman–Crippen LogP) is 5.39. The van der Waals surface area contributed by atoms with E-state index in [0.29, 0.717) is 41.0 Å². The number of aliphatic hydroxyl groups is 1. The van der Waals surface area contributed by atoms with Gasteiger partial charge in [0.05, 0.1) is 0 Å². The molecule has 0 saturated heterocycles. The summed E-state index contributed by atoms with van der Waals surface area (Å²) in [6.45, 7) is 9.16. The molecule has 3 amide bonds. The smallest absolute Gasteiger partial charge is 0.408 e. The molecule has 0 fully saturated rings. The van der Waals surface area contributed by atoms with Crippen LogP contribution in [0.25, 0.3) is 5.76 Å². The van der Waals surface area contributed by atoms with Gasteiger partial charge in [-0.3, -0.25) is 14.4 Å². The molecule has 1 heterocycles. The number of hydrogen-bond acceptors (Lipinski definition) is 7. The van der Waals surface area contributed by atoms with E-state index in [9.17, 15) is 24.3 Å². The molecule has 0 saturated carbocycles. The third-order valence-electron chi connectivity index (χ3n) is 8.77. The molecule has 0 bridgehead atoms. The van der Waals surface area contributed by atoms with Crippen LogP contribution in [0.1, 0.15) is 69.7 Å². The Morgan fingerprint density at radius 2 is 1.54 bits per heavy atom. The summed E-state index contributed by atoms with van der Waals surface area (Å²) in [7, 11) is 0. The van der Waals surface area contributed by atoms with Gasteiger partial charge in [-0.05, 0) is 62.8 Å². The van der Waals surface area contributed by atoms with Crippen molar-refractivity contribution in [2.45, 2.75) is 83.8 Å². The Balaban J connectivity index is 1.19. The maximum Gasteiger partial charge on any atom is 0.408 e. The first-order valence-electron chi connectivity index (χ1n) is 16.2. The van der Waals surface area contributed by atoms with E-state index >= 15 is 0 Å². The van der Waals surface area contributed by atoms with Crippen molar-refractivity contribution >= 4 is 35.1 Å². The highest BCUT2D eigenvalue weighted by atomic mass is 16.5. The molecule has 48 heavy (non-hydrogen) atoms. The van der Waals surface area contributed by atoms with E-state index < -0.39 is 41.2 Å². The summed E-state index contributed by atoms with van der Waals surface area (Å²) in [6.07, 6.45) is 0.491. The van der Waals surface area contributed by atoms with Gasteiger partial charge in [0.15, 0.2) is 11.4 Å². The molecule has 3 atom stereocenters. The molecular weight excluding hydrogens is 610 g/mol. The third kappa shape index (κ3) is 7.60. The minimum Gasteiger partial charge on any atom is -0.487 e. The Kier molecular flexibility index (Phi) is 10.0. The number of ketones is 1. The fourth-order valence-corrected chi connectivity index (χ4v) is 6.00. The van der Waals surface area contributed by atoms with Gasteiger partial charge in [0.25, 0.3) is 0 Å². The zero-order valence-corrected chi connectivity index (χ0v) is 28.0. The van der Waals surface area contributed by atoms with Gasteiger partial charge in [-0.25, -0.2) is 4.79 Å². The van der Waals surface area contributed by atoms with E-state index in [0.717, 1.165) is 11.1 Å². The van der Waals surface area contributed by atoms with Gasteiger partial charge < -0.3 is 30.5 Å². The highest BCUT2D eigenvalue weighted by Gasteiger charge is 2.49. The summed E-state index contributed by atoms with van der Waals surface area (Å²) < 4.78 is 11.5. The van der Waals surface area contributed by atoms with Crippen LogP contribution in [-0.2, 0) is 42.5 Å². The van der Waals surface area contributed by atoms with Crippen LogP contribution in [-0.4, -0.2) is 46.5 Å². The first-order chi connectivity index (χ1) is 22.8. The van der Waals surface area contributed by atoms with Gasteiger partial charge in [-0.15, -0.1) is 0 Å². The number of carbonyl (C=O) groups excluding carboxylic acids is 4. The lowest BCUT2D eigenvalue weighted by Crippen LogP contribution is -2.53. The maximum absolute atomic E-state index is 13.8. The number of nitrogens with one attached hydrogen (secondary N) is 3. The highest BCUT2D eigenvalue weighted by Crippen LogP contribution is 2.47. The lowest BCUT2D eigenvalue weighted by molar-refractivity contribution is -0.135. The van der Waals surface area contributed by atoms with Gasteiger partial charge in [0.2, 0.25) is 11.8 Å². The molecule has 3 aromatic carbocycles. The van der Waals surface area contributed by atoms with Crippen molar-refractivity contribution in [3.05, 3.63) is 107 Å². The van der Waals surface area contributed by atoms with E-state index in [-0.39, 0.29) is 24.7 Å². The maximum atomic E-state index is 13.8. The van der Waals surface area contributed by atoms with Crippen LogP contribution in [0, 0.1) is 5.92 Å². The van der Waals surface area contributed by atoms with E-state index in [1.54, 1.807) is 57.2 Å². The summed E-state index contributed by atoms with van der Waals surface area (Å²) in [6, 6.07) is 21.5. The molecule has 10 nitrogen and oxygen atoms in total. The Hall–Kier alpha value is -4.96. The molecule has 1 aliphatic carbocycles. The zero-order chi connectivity index (χ0) is 34.6. The second-order valence-corrected chi connectivity index (χ2v) is 13.4. The lowest BCUT2D eigenvalue weighted by Gasteiger charge is -2.41. The molecule has 3 aromatic rings. The van der Waals surface area contributed by atoms with Crippen LogP contribution in [0.15, 0.2) is 84.4 Å². The summed E-state index contributed by atoms with van der Waals surface area (Å²) in [5, 5.41) is 20.0. The van der Waals surface area contributed by atoms with Crippen LogP contribution in [0.4, 0.5) is 10.5 Å². The molecule has 5 rings (SSSR count). The van der Waals surface area contributed by atoms with Gasteiger partial charge in [0.1, 0.15) is 30.1 Å². The number of benzene rings is 3. The first kappa shape index (κ1) is 34.4. The summed E-state index contributed by atoms with van der Waals surface area (Å²) in [4.78, 5) is 52.2. The van der Waals surface area contributed by atoms with Crippen molar-refractivity contribution in [3.63, 3.8) is 0 Å². The molecule has 252 valence electrons. The van der Waals surface area contributed by atoms with E-state index in [2.05, 4.69) is 16.0 Å². The van der Waals surface area contributed by atoms with Crippen LogP contribution >= 0.6 is 0 Å². The standard InChI is InChI=1S/C38H43N3O7/c1-23(2)31(41-36(45)47-22-26-11-7-6-8-12-26)35(44)39-24(3)34(43)40-27-17-15-25(16-18-27)21-38(46)30-14-10-9-13-28(30)32-29(33(38)42)19-20-37(4,5)48-32/h6-18,23-24,31,46H,19-22H2,1-5H3,(H,39,44)(H,40,43)(H,41,45)/t24-,31-,38?/m0/s1. The topological polar surface area (TPSA) is 143 Å². The zero-order valence-electron chi connectivity index (χ0n) is 28.0. The van der Waals surface area contributed by atoms with Crippen molar-refractivity contribution in [2.24, 2.45) is 5.92 Å². The molecule has 4 N–H and O–H groups in total. The molecule has 0 aromatic heterocycles. The molecule has 0 radical (unpaired) electrons. The second kappa shape index (κ2) is 14.0. The van der Waals surface area contributed by atoms with Crippen LogP contribution in [0.2, 0.25) is 0 Å². The van der Waals surface area contributed by atoms with Crippen molar-refractivity contribution in [2.75, 3.05) is 5.32 Å². The van der Waals surface area contributed by atoms with E-state index in [1.165, 1.54) is 0 Å². The van der Waals surface area contributed by atoms with Crippen LogP contribution in [0.5, 0.6) is 0 Å². The summed E-state index contributed by atoms with van der Waals surface area (Å²) in [5.74, 6) is -1.05. The average Bonchev–Trinajstić information content (AvgIpc) is 3.06. The van der Waals surface area contributed by atoms with E-state index in [1.807, 2.05) is 56.3 Å². The van der Waals surface area contributed by atoms with Crippen molar-refractivity contribution in [1.29, 1.82) is 0 Å². The average molecular weight is 654 g/mol. The number of fused-ring (bicyclic) bond motifs is 2. The lowest BCUT2D eigenvalue weighted by atomic mass is 9.72. The Morgan fingerprint density at radius 3 is 2.23 bits per heavy atom. The molecule has 0 spiro atoms. The highest BCUT2D eigenvalue weighted by molar-refractivity contribution is 6.10. The van der Waals surface area contributed by atoms with E-state index in [4.69, 9.17) is 9.47 Å². The van der Waals surface area contributed by atoms with Gasteiger partial charge >= 0.3 is 6.09 Å². The third-order valence-corrected chi connectivity index (χ3v) is 8.77. The molecule has 2 aliphatic rings. The molecule has 1 unspecified atom stereocenters. The molecular formula is C38H43N3O7. The Labute approximate surface area is 280 Å². The SMILES string of the molecule is CC(C)[C@H](NC(=O)OCc1ccccc1)C(=O)N[C@@H](C)C(=O)Nc1ccc(CC2(O)C(=O)C3=C(OC(C)(C)CC3)c3ccccc32)cc1. The summed E-state index contributed by atoms with van der Waals surface area (Å²) >= 11 is 0. The minimum atomic E-state index is -1.77. The second-order valence-electron chi connectivity index (χ2n) is 13.4. The molecule has 1 aliphatic heterocycles. The first-order valence-corrected chi connectivity index (χ1v) is 16.2. The van der Waals surface area contributed by atoms with Gasteiger partial charge in [0, 0.05) is 28.8 Å². The Morgan fingerprint density at radius 1 is 0.875 bits per heavy atom. The van der Waals surface area contributed by atoms with Crippen LogP contribution < -0.4 is 16.0 Å². The number of alkyl carbamates (subject to hydrolysis) is 1. The normalized spacial score (nSPS) is 19.3. The van der Waals surface area contributed by atoms with Crippen LogP contribution in [0.3, 0.4) is 0 Å². The van der Waals surface area contributed by atoms with Crippen molar-refractivity contribution < 1.29 is 33.8 Å². The largest absolute Gasteiger partial charge is 0.487 e. The fraction of sp³-hybridized carbons (Fsp3) is 0.368. The van der Waals surface area contributed by atoms with Gasteiger partial charge in [-0.2, -0.15) is 0 Å². The number of Topliss-reactive ketones (excluding diaryl/α,β-unsaturated/α-hetero) is 1. The quantitative estimate of drug-likeness (QED) is 0.230. The Bertz CT molecular complexity index is 1720. The summed E-state index contributed by atoms with van der Waals surface area (Å²) in [5.41, 5.74) is 1.55. The minimum absolute atomic E-state index is 0.0427. The van der Waals surface area contributed by atoms with Crippen molar-refractivity contribution in [3.8, 4) is 0 Å². The number of rotatable bonds is 10. The molecule has 10 heteroatoms. The fourth-order valence-electron chi connectivity index (χ4n) is 6.00. The number of anilines is 1.